The number of halogens is 2. The van der Waals surface area contributed by atoms with Crippen LogP contribution < -0.4 is 11.1 Å². The number of nitrogen functional groups attached to an aromatic ring is 1. The quantitative estimate of drug-likeness (QED) is 0.176. The van der Waals surface area contributed by atoms with Gasteiger partial charge in [0.1, 0.15) is 0 Å². The summed E-state index contributed by atoms with van der Waals surface area (Å²) in [6.45, 7) is 11.9. The molecule has 4 aromatic rings. The van der Waals surface area contributed by atoms with E-state index in [4.69, 9.17) is 34.0 Å². The van der Waals surface area contributed by atoms with Crippen LogP contribution in [0.4, 0.5) is 5.69 Å². The van der Waals surface area contributed by atoms with Crippen molar-refractivity contribution in [2.75, 3.05) is 12.3 Å². The summed E-state index contributed by atoms with van der Waals surface area (Å²) in [7, 11) is 0. The van der Waals surface area contributed by atoms with E-state index in [0.717, 1.165) is 45.1 Å². The van der Waals surface area contributed by atoms with Gasteiger partial charge in [0.25, 0.3) is 5.91 Å². The van der Waals surface area contributed by atoms with Gasteiger partial charge in [-0.25, -0.2) is 4.68 Å². The summed E-state index contributed by atoms with van der Waals surface area (Å²) in [5.41, 5.74) is 12.2. The molecular weight excluding hydrogens is 559 g/mol. The van der Waals surface area contributed by atoms with E-state index in [1.54, 1.807) is 23.5 Å². The van der Waals surface area contributed by atoms with Crippen LogP contribution in [0.2, 0.25) is 10.0 Å². The second-order valence-corrected chi connectivity index (χ2v) is 13.8. The molecule has 1 aliphatic rings. The maximum atomic E-state index is 13.7. The minimum absolute atomic E-state index is 0.145. The van der Waals surface area contributed by atoms with Crippen LogP contribution >= 0.6 is 34.5 Å². The Bertz CT molecular complexity index is 1570. The largest absolute Gasteiger partial charge is 0.399 e. The number of nitrogens with two attached hydrogens (primary N) is 1. The number of hydrogen-bond acceptors (Lipinski definition) is 4. The summed E-state index contributed by atoms with van der Waals surface area (Å²) in [4.78, 5) is 15.9. The highest BCUT2D eigenvalue weighted by atomic mass is 35.5. The van der Waals surface area contributed by atoms with Gasteiger partial charge >= 0.3 is 0 Å². The van der Waals surface area contributed by atoms with Crippen molar-refractivity contribution in [3.63, 3.8) is 0 Å². The molecule has 40 heavy (non-hydrogen) atoms. The molecule has 0 saturated carbocycles. The fraction of sp³-hybridized carbons (Fsp3) is 0.375. The van der Waals surface area contributed by atoms with Crippen LogP contribution in [-0.4, -0.2) is 22.2 Å². The van der Waals surface area contributed by atoms with Gasteiger partial charge in [-0.2, -0.15) is 5.10 Å². The van der Waals surface area contributed by atoms with Gasteiger partial charge in [-0.15, -0.1) is 11.3 Å². The first-order valence-corrected chi connectivity index (χ1v) is 15.4. The molecule has 0 spiro atoms. The van der Waals surface area contributed by atoms with Crippen molar-refractivity contribution in [3.8, 4) is 26.7 Å². The SMILES string of the molecule is CCCC(CNC(=O)c1nn(-c2ccc(Cl)cc2Cl)c2c1Cc1cc(-c3cccc(N)c3)sc1-2)C(C)C(C)(C)C. The molecule has 3 N–H and O–H groups in total. The molecule has 8 heteroatoms. The average Bonchev–Trinajstić information content (AvgIpc) is 3.56. The number of carbonyl (C=O) groups excluding carboxylic acids is 1. The number of nitrogens with zero attached hydrogens (tertiary/aromatic N) is 2. The van der Waals surface area contributed by atoms with Crippen molar-refractivity contribution in [2.24, 2.45) is 17.3 Å². The second kappa shape index (κ2) is 11.2. The third kappa shape index (κ3) is 5.54. The molecule has 0 saturated heterocycles. The fourth-order valence-corrected chi connectivity index (χ4v) is 7.28. The zero-order valence-electron chi connectivity index (χ0n) is 23.6. The van der Waals surface area contributed by atoms with E-state index in [-0.39, 0.29) is 11.3 Å². The molecule has 5 rings (SSSR count). The zero-order valence-corrected chi connectivity index (χ0v) is 26.0. The Morgan fingerprint density at radius 1 is 1.18 bits per heavy atom. The fourth-order valence-electron chi connectivity index (χ4n) is 5.56. The predicted molar refractivity (Wildman–Crippen MR) is 169 cm³/mol. The molecule has 5 nitrogen and oxygen atoms in total. The molecular formula is C32H36Cl2N4OS. The number of amides is 1. The lowest BCUT2D eigenvalue weighted by Crippen LogP contribution is -2.36. The van der Waals surface area contributed by atoms with Gasteiger partial charge in [0.2, 0.25) is 0 Å². The van der Waals surface area contributed by atoms with E-state index in [0.29, 0.717) is 46.2 Å². The standard InChI is InChI=1S/C32H36Cl2N4OS/c1-6-8-20(18(2)32(3,4)5)17-36-31(39)28-24-14-21-15-27(19-9-7-10-23(35)13-19)40-30(21)29(24)38(37-28)26-12-11-22(33)16-25(26)34/h7,9-13,15-16,18,20H,6,8,14,17,35H2,1-5H3,(H,36,39). The summed E-state index contributed by atoms with van der Waals surface area (Å²) in [6, 6.07) is 15.5. The Morgan fingerprint density at radius 3 is 2.62 bits per heavy atom. The number of aromatic nitrogens is 2. The molecule has 2 unspecified atom stereocenters. The topological polar surface area (TPSA) is 72.9 Å². The van der Waals surface area contributed by atoms with E-state index in [2.05, 4.69) is 52.1 Å². The predicted octanol–water partition coefficient (Wildman–Crippen LogP) is 8.89. The first-order chi connectivity index (χ1) is 19.0. The number of nitrogens with one attached hydrogen (secondary N) is 1. The van der Waals surface area contributed by atoms with Crippen LogP contribution in [-0.2, 0) is 6.42 Å². The molecule has 2 heterocycles. The van der Waals surface area contributed by atoms with E-state index in [1.807, 2.05) is 28.9 Å². The second-order valence-electron chi connectivity index (χ2n) is 11.9. The van der Waals surface area contributed by atoms with Crippen molar-refractivity contribution >= 4 is 46.1 Å². The van der Waals surface area contributed by atoms with Crippen LogP contribution in [0.5, 0.6) is 0 Å². The lowest BCUT2D eigenvalue weighted by Gasteiger charge is -2.34. The van der Waals surface area contributed by atoms with Gasteiger partial charge in [0, 0.05) is 34.1 Å². The number of anilines is 1. The van der Waals surface area contributed by atoms with Gasteiger partial charge in [-0.3, -0.25) is 4.79 Å². The summed E-state index contributed by atoms with van der Waals surface area (Å²) < 4.78 is 1.82. The summed E-state index contributed by atoms with van der Waals surface area (Å²) in [5.74, 6) is 0.701. The van der Waals surface area contributed by atoms with Gasteiger partial charge in [-0.1, -0.05) is 76.4 Å². The van der Waals surface area contributed by atoms with E-state index in [9.17, 15) is 4.79 Å². The van der Waals surface area contributed by atoms with E-state index >= 15 is 0 Å². The Hall–Kier alpha value is -2.80. The first-order valence-electron chi connectivity index (χ1n) is 13.8. The number of thiophene rings is 1. The molecule has 0 aliphatic heterocycles. The maximum Gasteiger partial charge on any atom is 0.272 e. The summed E-state index contributed by atoms with van der Waals surface area (Å²) in [5, 5.41) is 9.13. The van der Waals surface area contributed by atoms with Crippen molar-refractivity contribution in [3.05, 3.63) is 75.4 Å². The highest BCUT2D eigenvalue weighted by Crippen LogP contribution is 2.48. The highest BCUT2D eigenvalue weighted by molar-refractivity contribution is 7.19. The molecule has 2 aromatic carbocycles. The van der Waals surface area contributed by atoms with Crippen LogP contribution in [0.1, 0.15) is 69.1 Å². The Labute approximate surface area is 250 Å². The summed E-state index contributed by atoms with van der Waals surface area (Å²) in [6.07, 6.45) is 2.78. The van der Waals surface area contributed by atoms with Crippen LogP contribution in [0.25, 0.3) is 26.7 Å². The minimum Gasteiger partial charge on any atom is -0.399 e. The third-order valence-corrected chi connectivity index (χ3v) is 9.93. The number of fused-ring (bicyclic) bond motifs is 3. The molecule has 1 aliphatic carbocycles. The molecule has 210 valence electrons. The summed E-state index contributed by atoms with van der Waals surface area (Å²) >= 11 is 14.6. The lowest BCUT2D eigenvalue weighted by molar-refractivity contribution is 0.0916. The first kappa shape index (κ1) is 28.7. The molecule has 0 bridgehead atoms. The van der Waals surface area contributed by atoms with Gasteiger partial charge in [0.15, 0.2) is 5.69 Å². The van der Waals surface area contributed by atoms with Crippen molar-refractivity contribution in [1.82, 2.24) is 15.1 Å². The number of hydrogen-bond donors (Lipinski definition) is 2. The highest BCUT2D eigenvalue weighted by Gasteiger charge is 2.34. The van der Waals surface area contributed by atoms with Gasteiger partial charge in [-0.05, 0) is 71.2 Å². The number of benzene rings is 2. The Kier molecular flexibility index (Phi) is 8.06. The Morgan fingerprint density at radius 2 is 1.95 bits per heavy atom. The normalized spacial score (nSPS) is 14.1. The van der Waals surface area contributed by atoms with Crippen LogP contribution in [0.3, 0.4) is 0 Å². The van der Waals surface area contributed by atoms with Crippen LogP contribution in [0, 0.1) is 17.3 Å². The molecule has 1 amide bonds. The monoisotopic (exact) mass is 594 g/mol. The van der Waals surface area contributed by atoms with E-state index in [1.165, 1.54) is 5.56 Å². The van der Waals surface area contributed by atoms with Gasteiger partial charge < -0.3 is 11.1 Å². The maximum absolute atomic E-state index is 13.7. The lowest BCUT2D eigenvalue weighted by atomic mass is 9.73. The molecule has 0 radical (unpaired) electrons. The number of rotatable bonds is 8. The van der Waals surface area contributed by atoms with Gasteiger partial charge in [0.05, 0.1) is 21.3 Å². The van der Waals surface area contributed by atoms with Crippen molar-refractivity contribution in [2.45, 2.75) is 53.9 Å². The van der Waals surface area contributed by atoms with Crippen LogP contribution in [0.15, 0.2) is 48.5 Å². The third-order valence-electron chi connectivity index (χ3n) is 8.16. The minimum atomic E-state index is -0.145. The molecule has 0 fully saturated rings. The molecule has 2 aromatic heterocycles. The smallest absolute Gasteiger partial charge is 0.272 e. The van der Waals surface area contributed by atoms with E-state index < -0.39 is 0 Å². The van der Waals surface area contributed by atoms with Crippen molar-refractivity contribution < 1.29 is 4.79 Å². The number of carbonyl (C=O) groups is 1. The Balaban J connectivity index is 1.53. The molecule has 2 atom stereocenters. The average molecular weight is 596 g/mol. The van der Waals surface area contributed by atoms with Crippen molar-refractivity contribution in [1.29, 1.82) is 0 Å². The zero-order chi connectivity index (χ0) is 28.8.